The van der Waals surface area contributed by atoms with Crippen LogP contribution in [-0.2, 0) is 10.0 Å². The molecule has 0 aliphatic rings. The average Bonchev–Trinajstić information content (AvgIpc) is 2.60. The lowest BCUT2D eigenvalue weighted by Crippen LogP contribution is -2.28. The smallest absolute Gasteiger partial charge is 0.240 e. The van der Waals surface area contributed by atoms with E-state index in [1.54, 1.807) is 55.6 Å². The van der Waals surface area contributed by atoms with Gasteiger partial charge < -0.3 is 15.8 Å². The van der Waals surface area contributed by atoms with Gasteiger partial charge in [-0.2, -0.15) is 0 Å². The molecule has 0 aliphatic heterocycles. The molecule has 0 saturated carbocycles. The fraction of sp³-hybridized carbons (Fsp3) is 0.235. The van der Waals surface area contributed by atoms with E-state index in [2.05, 4.69) is 15.0 Å². The summed E-state index contributed by atoms with van der Waals surface area (Å²) in [7, 11) is -1.94. The normalized spacial score (nSPS) is 12.0. The number of aryl methyl sites for hydroxylation is 1. The van der Waals surface area contributed by atoms with Crippen LogP contribution in [0.1, 0.15) is 5.56 Å². The van der Waals surface area contributed by atoms with Crippen LogP contribution in [0.5, 0.6) is 5.75 Å². The van der Waals surface area contributed by atoms with Crippen molar-refractivity contribution < 1.29 is 13.2 Å². The van der Waals surface area contributed by atoms with Gasteiger partial charge in [-0.15, -0.1) is 0 Å². The second-order valence-electron chi connectivity index (χ2n) is 5.33. The van der Waals surface area contributed by atoms with Crippen LogP contribution in [0.2, 0.25) is 0 Å². The van der Waals surface area contributed by atoms with Crippen molar-refractivity contribution in [3.63, 3.8) is 0 Å². The highest BCUT2D eigenvalue weighted by molar-refractivity contribution is 7.89. The van der Waals surface area contributed by atoms with Crippen LogP contribution in [0.4, 0.5) is 5.69 Å². The molecule has 0 saturated heterocycles. The fourth-order valence-electron chi connectivity index (χ4n) is 2.02. The molecule has 8 heteroatoms. The first-order valence-corrected chi connectivity index (χ1v) is 9.16. The molecule has 0 radical (unpaired) electrons. The van der Waals surface area contributed by atoms with Crippen LogP contribution in [0, 0.1) is 6.92 Å². The van der Waals surface area contributed by atoms with Crippen LogP contribution in [0.15, 0.2) is 58.4 Å². The first kappa shape index (κ1) is 18.8. The Balaban J connectivity index is 1.84. The maximum absolute atomic E-state index is 12.1. The summed E-state index contributed by atoms with van der Waals surface area (Å²) in [4.78, 5) is 4.33. The van der Waals surface area contributed by atoms with Crippen molar-refractivity contribution in [3.05, 3.63) is 54.1 Å². The second kappa shape index (κ2) is 8.50. The molecular formula is C17H22N4O3S. The third-order valence-electron chi connectivity index (χ3n) is 3.38. The zero-order valence-electron chi connectivity index (χ0n) is 14.2. The van der Waals surface area contributed by atoms with Gasteiger partial charge in [-0.25, -0.2) is 13.1 Å². The quantitative estimate of drug-likeness (QED) is 0.395. The second-order valence-corrected chi connectivity index (χ2v) is 7.10. The molecule has 0 fully saturated rings. The van der Waals surface area contributed by atoms with E-state index in [1.165, 1.54) is 0 Å². The molecule has 0 unspecified atom stereocenters. The Kier molecular flexibility index (Phi) is 6.37. The fourth-order valence-corrected chi connectivity index (χ4v) is 3.04. The van der Waals surface area contributed by atoms with Crippen molar-refractivity contribution in [2.75, 3.05) is 25.5 Å². The number of hydrogen-bond acceptors (Lipinski definition) is 4. The van der Waals surface area contributed by atoms with Crippen molar-refractivity contribution in [1.29, 1.82) is 0 Å². The first-order chi connectivity index (χ1) is 11.9. The van der Waals surface area contributed by atoms with Crippen LogP contribution < -0.4 is 20.5 Å². The van der Waals surface area contributed by atoms with Gasteiger partial charge in [-0.1, -0.05) is 17.7 Å². The van der Waals surface area contributed by atoms with E-state index in [-0.39, 0.29) is 23.9 Å². The third-order valence-corrected chi connectivity index (χ3v) is 4.86. The molecule has 0 spiro atoms. The van der Waals surface area contributed by atoms with Gasteiger partial charge in [0.25, 0.3) is 0 Å². The average molecular weight is 362 g/mol. The lowest BCUT2D eigenvalue weighted by molar-refractivity contribution is 0.415. The van der Waals surface area contributed by atoms with E-state index >= 15 is 0 Å². The monoisotopic (exact) mass is 362 g/mol. The van der Waals surface area contributed by atoms with E-state index in [0.29, 0.717) is 0 Å². The number of aliphatic imine (C=N–C) groups is 1. The Morgan fingerprint density at radius 2 is 1.76 bits per heavy atom. The number of benzene rings is 2. The van der Waals surface area contributed by atoms with Gasteiger partial charge in [-0.05, 0) is 43.3 Å². The third kappa shape index (κ3) is 5.77. The van der Waals surface area contributed by atoms with Gasteiger partial charge in [-0.3, -0.25) is 4.99 Å². The number of nitrogens with one attached hydrogen (secondary N) is 2. The van der Waals surface area contributed by atoms with Crippen LogP contribution in [0.25, 0.3) is 0 Å². The lowest BCUT2D eigenvalue weighted by Gasteiger charge is -2.08. The number of methoxy groups -OCH3 is 1. The highest BCUT2D eigenvalue weighted by atomic mass is 32.2. The zero-order valence-corrected chi connectivity index (χ0v) is 15.0. The SMILES string of the molecule is COc1ccc(NC(N)=NCCNS(=O)(=O)c2ccc(C)cc2)cc1. The Labute approximate surface area is 148 Å². The van der Waals surface area contributed by atoms with Gasteiger partial charge in [0.15, 0.2) is 5.96 Å². The number of anilines is 1. The molecular weight excluding hydrogens is 340 g/mol. The van der Waals surface area contributed by atoms with E-state index in [4.69, 9.17) is 10.5 Å². The Morgan fingerprint density at radius 3 is 2.36 bits per heavy atom. The molecule has 0 aliphatic carbocycles. The van der Waals surface area contributed by atoms with Crippen LogP contribution in [-0.4, -0.2) is 34.6 Å². The standard InChI is InChI=1S/C17H22N4O3S/c1-13-3-9-16(10-4-13)25(22,23)20-12-11-19-17(18)21-14-5-7-15(24-2)8-6-14/h3-10,20H,11-12H2,1-2H3,(H3,18,19,21). The summed E-state index contributed by atoms with van der Waals surface area (Å²) < 4.78 is 31.8. The Hall–Kier alpha value is -2.58. The van der Waals surface area contributed by atoms with Crippen molar-refractivity contribution in [3.8, 4) is 5.75 Å². The van der Waals surface area contributed by atoms with E-state index < -0.39 is 10.0 Å². The topological polar surface area (TPSA) is 106 Å². The molecule has 0 amide bonds. The highest BCUT2D eigenvalue weighted by Crippen LogP contribution is 2.14. The number of nitrogens with zero attached hydrogens (tertiary/aromatic N) is 1. The zero-order chi connectivity index (χ0) is 18.3. The minimum Gasteiger partial charge on any atom is -0.497 e. The molecule has 0 atom stereocenters. The molecule has 134 valence electrons. The van der Waals surface area contributed by atoms with E-state index in [0.717, 1.165) is 17.0 Å². The van der Waals surface area contributed by atoms with Gasteiger partial charge in [0.2, 0.25) is 10.0 Å². The van der Waals surface area contributed by atoms with E-state index in [1.807, 2.05) is 6.92 Å². The molecule has 25 heavy (non-hydrogen) atoms. The number of rotatable bonds is 7. The number of sulfonamides is 1. The molecule has 0 bridgehead atoms. The van der Waals surface area contributed by atoms with Gasteiger partial charge in [0, 0.05) is 12.2 Å². The van der Waals surface area contributed by atoms with Crippen LogP contribution >= 0.6 is 0 Å². The predicted octanol–water partition coefficient (Wildman–Crippen LogP) is 1.71. The minimum atomic E-state index is -3.54. The van der Waals surface area contributed by atoms with Gasteiger partial charge in [0.1, 0.15) is 5.75 Å². The van der Waals surface area contributed by atoms with E-state index in [9.17, 15) is 8.42 Å². The molecule has 7 nitrogen and oxygen atoms in total. The highest BCUT2D eigenvalue weighted by Gasteiger charge is 2.12. The van der Waals surface area contributed by atoms with Gasteiger partial charge >= 0.3 is 0 Å². The first-order valence-electron chi connectivity index (χ1n) is 7.68. The van der Waals surface area contributed by atoms with Crippen LogP contribution in [0.3, 0.4) is 0 Å². The summed E-state index contributed by atoms with van der Waals surface area (Å²) in [5, 5.41) is 2.92. The lowest BCUT2D eigenvalue weighted by atomic mass is 10.2. The summed E-state index contributed by atoms with van der Waals surface area (Å²) >= 11 is 0. The summed E-state index contributed by atoms with van der Waals surface area (Å²) in [6.07, 6.45) is 0. The van der Waals surface area contributed by atoms with Gasteiger partial charge in [0.05, 0.1) is 18.6 Å². The maximum Gasteiger partial charge on any atom is 0.240 e. The van der Waals surface area contributed by atoms with Crippen molar-refractivity contribution >= 4 is 21.7 Å². The summed E-state index contributed by atoms with van der Waals surface area (Å²) in [6.45, 7) is 2.28. The predicted molar refractivity (Wildman–Crippen MR) is 99.5 cm³/mol. The summed E-state index contributed by atoms with van der Waals surface area (Å²) in [6, 6.07) is 13.9. The number of ether oxygens (including phenoxy) is 1. The minimum absolute atomic E-state index is 0.154. The Bertz CT molecular complexity index is 816. The van der Waals surface area contributed by atoms with Crippen molar-refractivity contribution in [2.24, 2.45) is 10.7 Å². The molecule has 2 aromatic rings. The van der Waals surface area contributed by atoms with Crippen molar-refractivity contribution in [1.82, 2.24) is 4.72 Å². The van der Waals surface area contributed by atoms with Crippen molar-refractivity contribution in [2.45, 2.75) is 11.8 Å². The number of hydrogen-bond donors (Lipinski definition) is 3. The summed E-state index contributed by atoms with van der Waals surface area (Å²) in [5.74, 6) is 0.950. The molecule has 2 aromatic carbocycles. The Morgan fingerprint density at radius 1 is 1.12 bits per heavy atom. The number of nitrogens with two attached hydrogens (primary N) is 1. The maximum atomic E-state index is 12.1. The molecule has 4 N–H and O–H groups in total. The molecule has 0 aromatic heterocycles. The number of guanidine groups is 1. The summed E-state index contributed by atoms with van der Waals surface area (Å²) in [5.41, 5.74) is 7.55. The largest absolute Gasteiger partial charge is 0.497 e. The molecule has 0 heterocycles. The molecule has 2 rings (SSSR count).